The molecule has 0 atom stereocenters. The first kappa shape index (κ1) is 21.0. The molecule has 3 aromatic rings. The molecule has 31 heavy (non-hydrogen) atoms. The molecule has 1 N–H and O–H groups in total. The quantitative estimate of drug-likeness (QED) is 0.560. The Morgan fingerprint density at radius 2 is 1.87 bits per heavy atom. The van der Waals surface area contributed by atoms with Crippen molar-refractivity contribution < 1.29 is 9.53 Å². The number of ether oxygens (including phenoxy) is 1. The highest BCUT2D eigenvalue weighted by Crippen LogP contribution is 2.25. The molecule has 0 bridgehead atoms. The van der Waals surface area contributed by atoms with Crippen LogP contribution in [0.2, 0.25) is 0 Å². The number of hydrogen-bond acceptors (Lipinski definition) is 7. The van der Waals surface area contributed by atoms with Crippen molar-refractivity contribution in [3.05, 3.63) is 36.4 Å². The standard InChI is InChI=1S/C22H29N7O2/c1-4-27(5-2)13-12-23-22(30)17-14-28(15-17)20-11-10-19-24-25-21(29(19)26-20)16-6-8-18(31-3)9-7-16/h6-11,17H,4-5,12-15H2,1-3H3,(H,23,30). The molecule has 1 aromatic carbocycles. The van der Waals surface area contributed by atoms with Gasteiger partial charge in [-0.25, -0.2) is 0 Å². The van der Waals surface area contributed by atoms with Gasteiger partial charge in [-0.3, -0.25) is 4.79 Å². The second kappa shape index (κ2) is 9.30. The molecule has 4 rings (SSSR count). The lowest BCUT2D eigenvalue weighted by Crippen LogP contribution is -2.54. The number of anilines is 1. The van der Waals surface area contributed by atoms with E-state index >= 15 is 0 Å². The third-order valence-corrected chi connectivity index (χ3v) is 5.79. The van der Waals surface area contributed by atoms with Crippen molar-refractivity contribution in [3.8, 4) is 17.1 Å². The van der Waals surface area contributed by atoms with Gasteiger partial charge in [0.2, 0.25) is 5.91 Å². The van der Waals surface area contributed by atoms with Gasteiger partial charge >= 0.3 is 0 Å². The van der Waals surface area contributed by atoms with E-state index in [4.69, 9.17) is 9.84 Å². The molecule has 2 aromatic heterocycles. The van der Waals surface area contributed by atoms with Crippen LogP contribution < -0.4 is 15.0 Å². The lowest BCUT2D eigenvalue weighted by molar-refractivity contribution is -0.125. The first-order valence-electron chi connectivity index (χ1n) is 10.7. The predicted molar refractivity (Wildman–Crippen MR) is 119 cm³/mol. The third-order valence-electron chi connectivity index (χ3n) is 5.79. The van der Waals surface area contributed by atoms with Crippen molar-refractivity contribution >= 4 is 17.4 Å². The second-order valence-corrected chi connectivity index (χ2v) is 7.63. The molecule has 0 saturated carbocycles. The van der Waals surface area contributed by atoms with E-state index in [1.807, 2.05) is 36.4 Å². The van der Waals surface area contributed by atoms with Gasteiger partial charge in [0, 0.05) is 31.7 Å². The van der Waals surface area contributed by atoms with E-state index in [0.717, 1.165) is 36.8 Å². The average Bonchev–Trinajstić information content (AvgIpc) is 3.19. The van der Waals surface area contributed by atoms with E-state index in [-0.39, 0.29) is 11.8 Å². The van der Waals surface area contributed by atoms with Crippen LogP contribution in [-0.2, 0) is 4.79 Å². The minimum Gasteiger partial charge on any atom is -0.497 e. The second-order valence-electron chi connectivity index (χ2n) is 7.63. The molecule has 3 heterocycles. The fourth-order valence-corrected chi connectivity index (χ4v) is 3.72. The van der Waals surface area contributed by atoms with Crippen LogP contribution in [0.5, 0.6) is 5.75 Å². The number of nitrogens with one attached hydrogen (secondary N) is 1. The lowest BCUT2D eigenvalue weighted by atomic mass is 9.99. The van der Waals surface area contributed by atoms with Crippen molar-refractivity contribution in [3.63, 3.8) is 0 Å². The van der Waals surface area contributed by atoms with Crippen LogP contribution >= 0.6 is 0 Å². The van der Waals surface area contributed by atoms with Gasteiger partial charge in [-0.15, -0.1) is 15.3 Å². The Morgan fingerprint density at radius 1 is 1.13 bits per heavy atom. The summed E-state index contributed by atoms with van der Waals surface area (Å²) in [5.74, 6) is 2.39. The largest absolute Gasteiger partial charge is 0.497 e. The Labute approximate surface area is 182 Å². The topological polar surface area (TPSA) is 87.9 Å². The molecule has 0 aliphatic carbocycles. The van der Waals surface area contributed by atoms with E-state index in [1.165, 1.54) is 0 Å². The third kappa shape index (κ3) is 4.46. The van der Waals surface area contributed by atoms with E-state index in [2.05, 4.69) is 39.2 Å². The number of aromatic nitrogens is 4. The highest BCUT2D eigenvalue weighted by atomic mass is 16.5. The maximum Gasteiger partial charge on any atom is 0.226 e. The molecule has 1 aliphatic heterocycles. The van der Waals surface area contributed by atoms with Gasteiger partial charge in [0.25, 0.3) is 0 Å². The molecule has 0 unspecified atom stereocenters. The van der Waals surface area contributed by atoms with E-state index < -0.39 is 0 Å². The van der Waals surface area contributed by atoms with Crippen LogP contribution in [0.4, 0.5) is 5.82 Å². The first-order chi connectivity index (χ1) is 15.1. The number of benzene rings is 1. The van der Waals surface area contributed by atoms with Gasteiger partial charge in [0.1, 0.15) is 11.6 Å². The van der Waals surface area contributed by atoms with Crippen LogP contribution in [0, 0.1) is 5.92 Å². The Bertz CT molecular complexity index is 1020. The minimum atomic E-state index is -0.00355. The summed E-state index contributed by atoms with van der Waals surface area (Å²) >= 11 is 0. The summed E-state index contributed by atoms with van der Waals surface area (Å²) in [6.45, 7) is 9.16. The number of carbonyl (C=O) groups excluding carboxylic acids is 1. The summed E-state index contributed by atoms with van der Waals surface area (Å²) in [4.78, 5) is 16.8. The zero-order chi connectivity index (χ0) is 21.8. The van der Waals surface area contributed by atoms with Gasteiger partial charge < -0.3 is 19.9 Å². The molecule has 1 saturated heterocycles. The number of carbonyl (C=O) groups is 1. The average molecular weight is 424 g/mol. The predicted octanol–water partition coefficient (Wildman–Crippen LogP) is 1.69. The monoisotopic (exact) mass is 423 g/mol. The number of nitrogens with zero attached hydrogens (tertiary/aromatic N) is 6. The van der Waals surface area contributed by atoms with Crippen molar-refractivity contribution in [2.75, 3.05) is 51.3 Å². The zero-order valence-electron chi connectivity index (χ0n) is 18.3. The maximum absolute atomic E-state index is 12.4. The van der Waals surface area contributed by atoms with Gasteiger partial charge in [-0.05, 0) is 49.5 Å². The number of likely N-dealkylation sites (N-methyl/N-ethyl adjacent to an activating group) is 1. The summed E-state index contributed by atoms with van der Waals surface area (Å²) in [6.07, 6.45) is 0. The van der Waals surface area contributed by atoms with Gasteiger partial charge in [-0.1, -0.05) is 13.8 Å². The molecule has 0 spiro atoms. The minimum absolute atomic E-state index is 0.00355. The molecular formula is C22H29N7O2. The van der Waals surface area contributed by atoms with E-state index in [0.29, 0.717) is 31.1 Å². The zero-order valence-corrected chi connectivity index (χ0v) is 18.3. The number of rotatable bonds is 9. The van der Waals surface area contributed by atoms with Crippen molar-refractivity contribution in [1.82, 2.24) is 30.0 Å². The maximum atomic E-state index is 12.4. The van der Waals surface area contributed by atoms with E-state index in [1.54, 1.807) is 11.6 Å². The molecule has 1 fully saturated rings. The van der Waals surface area contributed by atoms with E-state index in [9.17, 15) is 4.79 Å². The SMILES string of the molecule is CCN(CC)CCNC(=O)C1CN(c2ccc3nnc(-c4ccc(OC)cc4)n3n2)C1. The Kier molecular flexibility index (Phi) is 6.31. The summed E-state index contributed by atoms with van der Waals surface area (Å²) in [6, 6.07) is 11.5. The first-order valence-corrected chi connectivity index (χ1v) is 10.7. The van der Waals surface area contributed by atoms with Gasteiger partial charge in [0.15, 0.2) is 11.5 Å². The molecule has 1 aliphatic rings. The Hall–Kier alpha value is -3.20. The van der Waals surface area contributed by atoms with Crippen LogP contribution in [0.1, 0.15) is 13.8 Å². The van der Waals surface area contributed by atoms with Crippen LogP contribution in [0.3, 0.4) is 0 Å². The highest BCUT2D eigenvalue weighted by molar-refractivity contribution is 5.81. The molecule has 0 radical (unpaired) electrons. The van der Waals surface area contributed by atoms with Crippen molar-refractivity contribution in [1.29, 1.82) is 0 Å². The van der Waals surface area contributed by atoms with Crippen LogP contribution in [0.15, 0.2) is 36.4 Å². The number of methoxy groups -OCH3 is 1. The van der Waals surface area contributed by atoms with Gasteiger partial charge in [0.05, 0.1) is 13.0 Å². The number of fused-ring (bicyclic) bond motifs is 1. The van der Waals surface area contributed by atoms with Gasteiger partial charge in [-0.2, -0.15) is 4.52 Å². The summed E-state index contributed by atoms with van der Waals surface area (Å²) in [5.41, 5.74) is 1.59. The fourth-order valence-electron chi connectivity index (χ4n) is 3.72. The number of hydrogen-bond donors (Lipinski definition) is 1. The molecule has 1 amide bonds. The van der Waals surface area contributed by atoms with Crippen LogP contribution in [-0.4, -0.2) is 77.0 Å². The fraction of sp³-hybridized carbons (Fsp3) is 0.455. The Morgan fingerprint density at radius 3 is 2.55 bits per heavy atom. The summed E-state index contributed by atoms with van der Waals surface area (Å²) in [7, 11) is 1.64. The Balaban J connectivity index is 1.39. The molecular weight excluding hydrogens is 394 g/mol. The normalized spacial score (nSPS) is 14.1. The lowest BCUT2D eigenvalue weighted by Gasteiger charge is -2.39. The number of amides is 1. The van der Waals surface area contributed by atoms with Crippen molar-refractivity contribution in [2.24, 2.45) is 5.92 Å². The molecule has 164 valence electrons. The molecule has 9 nitrogen and oxygen atoms in total. The van der Waals surface area contributed by atoms with Crippen LogP contribution in [0.25, 0.3) is 17.0 Å². The highest BCUT2D eigenvalue weighted by Gasteiger charge is 2.33. The smallest absolute Gasteiger partial charge is 0.226 e. The molecule has 9 heteroatoms. The summed E-state index contributed by atoms with van der Waals surface area (Å²) < 4.78 is 6.97. The van der Waals surface area contributed by atoms with Crippen molar-refractivity contribution in [2.45, 2.75) is 13.8 Å². The summed E-state index contributed by atoms with van der Waals surface area (Å²) in [5, 5.41) is 16.3.